The molecule has 0 unspecified atom stereocenters. The molecule has 3 heterocycles. The molecule has 0 spiro atoms. The zero-order chi connectivity index (χ0) is 14.7. The van der Waals surface area contributed by atoms with Crippen LogP contribution in [0.5, 0.6) is 0 Å². The van der Waals surface area contributed by atoms with Crippen molar-refractivity contribution in [1.82, 2.24) is 14.9 Å². The van der Waals surface area contributed by atoms with E-state index in [-0.39, 0.29) is 0 Å². The van der Waals surface area contributed by atoms with Gasteiger partial charge in [0.05, 0.1) is 5.69 Å². The molecule has 0 aromatic carbocycles. The molecule has 1 fully saturated rings. The van der Waals surface area contributed by atoms with E-state index in [4.69, 9.17) is 0 Å². The largest absolute Gasteiger partial charge is 0.373 e. The van der Waals surface area contributed by atoms with Gasteiger partial charge in [0.1, 0.15) is 11.6 Å². The SMILES string of the molecule is CNc1cccc(-c2ccc(N3CCN(C)CC3)nc2)n1. The number of piperazine rings is 1. The van der Waals surface area contributed by atoms with Crippen molar-refractivity contribution in [2.75, 3.05) is 50.5 Å². The smallest absolute Gasteiger partial charge is 0.128 e. The molecule has 1 saturated heterocycles. The third kappa shape index (κ3) is 3.13. The highest BCUT2D eigenvalue weighted by Gasteiger charge is 2.15. The molecule has 0 radical (unpaired) electrons. The minimum absolute atomic E-state index is 0.871. The monoisotopic (exact) mass is 283 g/mol. The van der Waals surface area contributed by atoms with Gasteiger partial charge in [0.15, 0.2) is 0 Å². The first-order chi connectivity index (χ1) is 10.3. The third-order valence-corrected chi connectivity index (χ3v) is 3.88. The van der Waals surface area contributed by atoms with Crippen LogP contribution in [0.1, 0.15) is 0 Å². The summed E-state index contributed by atoms with van der Waals surface area (Å²) in [5.41, 5.74) is 1.99. The van der Waals surface area contributed by atoms with E-state index in [2.05, 4.69) is 44.3 Å². The van der Waals surface area contributed by atoms with Crippen LogP contribution in [0.4, 0.5) is 11.6 Å². The molecule has 1 aliphatic rings. The summed E-state index contributed by atoms with van der Waals surface area (Å²) in [6.07, 6.45) is 1.91. The van der Waals surface area contributed by atoms with Gasteiger partial charge in [-0.2, -0.15) is 0 Å². The fourth-order valence-corrected chi connectivity index (χ4v) is 2.49. The summed E-state index contributed by atoms with van der Waals surface area (Å²) >= 11 is 0. The Balaban J connectivity index is 1.77. The molecule has 0 amide bonds. The highest BCUT2D eigenvalue weighted by molar-refractivity contribution is 5.62. The van der Waals surface area contributed by atoms with Gasteiger partial charge in [0.2, 0.25) is 0 Å². The lowest BCUT2D eigenvalue weighted by molar-refractivity contribution is 0.312. The van der Waals surface area contributed by atoms with Crippen LogP contribution in [0.15, 0.2) is 36.5 Å². The average Bonchev–Trinajstić information content (AvgIpc) is 2.56. The molecule has 0 saturated carbocycles. The van der Waals surface area contributed by atoms with E-state index in [1.807, 2.05) is 31.4 Å². The number of rotatable bonds is 3. The minimum atomic E-state index is 0.871. The number of nitrogens with zero attached hydrogens (tertiary/aromatic N) is 4. The minimum Gasteiger partial charge on any atom is -0.373 e. The predicted octanol–water partition coefficient (Wildman–Crippen LogP) is 1.94. The van der Waals surface area contributed by atoms with Crippen molar-refractivity contribution in [3.05, 3.63) is 36.5 Å². The maximum absolute atomic E-state index is 4.61. The van der Waals surface area contributed by atoms with Gasteiger partial charge in [-0.1, -0.05) is 6.07 Å². The molecule has 0 aliphatic carbocycles. The van der Waals surface area contributed by atoms with E-state index in [9.17, 15) is 0 Å². The number of likely N-dealkylation sites (N-methyl/N-ethyl adjacent to an activating group) is 1. The van der Waals surface area contributed by atoms with Crippen molar-refractivity contribution < 1.29 is 0 Å². The molecule has 3 rings (SSSR count). The number of pyridine rings is 2. The van der Waals surface area contributed by atoms with Crippen molar-refractivity contribution in [3.63, 3.8) is 0 Å². The molecule has 1 N–H and O–H groups in total. The van der Waals surface area contributed by atoms with Crippen LogP contribution in [-0.2, 0) is 0 Å². The maximum atomic E-state index is 4.61. The van der Waals surface area contributed by atoms with Gasteiger partial charge < -0.3 is 15.1 Å². The van der Waals surface area contributed by atoms with Gasteiger partial charge in [-0.05, 0) is 31.3 Å². The molecule has 1 aliphatic heterocycles. The standard InChI is InChI=1S/C16H21N5/c1-17-15-5-3-4-14(19-15)13-6-7-16(18-12-13)21-10-8-20(2)9-11-21/h3-7,12H,8-11H2,1-2H3,(H,17,19). The summed E-state index contributed by atoms with van der Waals surface area (Å²) in [6.45, 7) is 4.26. The normalized spacial score (nSPS) is 16.0. The lowest BCUT2D eigenvalue weighted by atomic mass is 10.2. The molecule has 0 atom stereocenters. The fraction of sp³-hybridized carbons (Fsp3) is 0.375. The van der Waals surface area contributed by atoms with Crippen LogP contribution >= 0.6 is 0 Å². The second-order valence-electron chi connectivity index (χ2n) is 5.35. The lowest BCUT2D eigenvalue weighted by Gasteiger charge is -2.33. The Morgan fingerprint density at radius 1 is 1.05 bits per heavy atom. The maximum Gasteiger partial charge on any atom is 0.128 e. The Kier molecular flexibility index (Phi) is 4.01. The van der Waals surface area contributed by atoms with Crippen LogP contribution in [0.2, 0.25) is 0 Å². The Bertz CT molecular complexity index is 588. The first-order valence-corrected chi connectivity index (χ1v) is 7.31. The van der Waals surface area contributed by atoms with E-state index in [0.717, 1.165) is 49.1 Å². The van der Waals surface area contributed by atoms with Gasteiger partial charge in [0, 0.05) is 45.0 Å². The van der Waals surface area contributed by atoms with Crippen LogP contribution in [0.3, 0.4) is 0 Å². The Morgan fingerprint density at radius 2 is 1.86 bits per heavy atom. The summed E-state index contributed by atoms with van der Waals surface area (Å²) in [5.74, 6) is 1.92. The molecule has 110 valence electrons. The van der Waals surface area contributed by atoms with E-state index in [1.54, 1.807) is 0 Å². The Labute approximate surface area is 125 Å². The number of nitrogens with one attached hydrogen (secondary N) is 1. The third-order valence-electron chi connectivity index (χ3n) is 3.88. The average molecular weight is 283 g/mol. The van der Waals surface area contributed by atoms with Crippen molar-refractivity contribution >= 4 is 11.6 Å². The van der Waals surface area contributed by atoms with E-state index in [1.165, 1.54) is 0 Å². The van der Waals surface area contributed by atoms with Crippen LogP contribution in [-0.4, -0.2) is 55.1 Å². The first kappa shape index (κ1) is 13.8. The number of aromatic nitrogens is 2. The Hall–Kier alpha value is -2.14. The second-order valence-corrected chi connectivity index (χ2v) is 5.35. The van der Waals surface area contributed by atoms with Crippen molar-refractivity contribution in [2.45, 2.75) is 0 Å². The molecule has 21 heavy (non-hydrogen) atoms. The zero-order valence-electron chi connectivity index (χ0n) is 12.6. The second kappa shape index (κ2) is 6.10. The summed E-state index contributed by atoms with van der Waals surface area (Å²) < 4.78 is 0. The summed E-state index contributed by atoms with van der Waals surface area (Å²) in [5, 5.41) is 3.06. The number of hydrogen-bond acceptors (Lipinski definition) is 5. The summed E-state index contributed by atoms with van der Waals surface area (Å²) in [4.78, 5) is 13.8. The Morgan fingerprint density at radius 3 is 2.52 bits per heavy atom. The van der Waals surface area contributed by atoms with Crippen LogP contribution in [0.25, 0.3) is 11.3 Å². The molecular formula is C16H21N5. The molecule has 2 aromatic rings. The van der Waals surface area contributed by atoms with Gasteiger partial charge in [-0.3, -0.25) is 0 Å². The van der Waals surface area contributed by atoms with Crippen LogP contribution < -0.4 is 10.2 Å². The van der Waals surface area contributed by atoms with E-state index in [0.29, 0.717) is 0 Å². The molecule has 0 bridgehead atoms. The molecule has 2 aromatic heterocycles. The van der Waals surface area contributed by atoms with Gasteiger partial charge in [0.25, 0.3) is 0 Å². The highest BCUT2D eigenvalue weighted by atomic mass is 15.3. The van der Waals surface area contributed by atoms with Crippen molar-refractivity contribution in [3.8, 4) is 11.3 Å². The van der Waals surface area contributed by atoms with Gasteiger partial charge in [-0.25, -0.2) is 9.97 Å². The van der Waals surface area contributed by atoms with E-state index >= 15 is 0 Å². The van der Waals surface area contributed by atoms with E-state index < -0.39 is 0 Å². The van der Waals surface area contributed by atoms with Crippen molar-refractivity contribution in [2.24, 2.45) is 0 Å². The summed E-state index contributed by atoms with van der Waals surface area (Å²) in [7, 11) is 4.04. The predicted molar refractivity (Wildman–Crippen MR) is 86.7 cm³/mol. The summed E-state index contributed by atoms with van der Waals surface area (Å²) in [6, 6.07) is 10.2. The first-order valence-electron chi connectivity index (χ1n) is 7.31. The molecular weight excluding hydrogens is 262 g/mol. The highest BCUT2D eigenvalue weighted by Crippen LogP contribution is 2.21. The van der Waals surface area contributed by atoms with Gasteiger partial charge >= 0.3 is 0 Å². The molecule has 5 nitrogen and oxygen atoms in total. The van der Waals surface area contributed by atoms with Crippen molar-refractivity contribution in [1.29, 1.82) is 0 Å². The fourth-order valence-electron chi connectivity index (χ4n) is 2.49. The topological polar surface area (TPSA) is 44.3 Å². The lowest BCUT2D eigenvalue weighted by Crippen LogP contribution is -2.44. The number of anilines is 2. The molecule has 5 heteroatoms. The quantitative estimate of drug-likeness (QED) is 0.932. The van der Waals surface area contributed by atoms with Crippen LogP contribution in [0, 0.1) is 0 Å². The van der Waals surface area contributed by atoms with Gasteiger partial charge in [-0.15, -0.1) is 0 Å². The zero-order valence-corrected chi connectivity index (χ0v) is 12.6. The number of hydrogen-bond donors (Lipinski definition) is 1.